The highest BCUT2D eigenvalue weighted by Gasteiger charge is 2.14. The largest absolute Gasteiger partial charge is 0.380 e. The number of pyridine rings is 1. The molecule has 3 nitrogen and oxygen atoms in total. The molecule has 3 heteroatoms. The van der Waals surface area contributed by atoms with Gasteiger partial charge < -0.3 is 10.1 Å². The van der Waals surface area contributed by atoms with E-state index in [1.807, 2.05) is 12.3 Å². The fourth-order valence-electron chi connectivity index (χ4n) is 1.46. The second-order valence-electron chi connectivity index (χ2n) is 3.90. The molecule has 0 radical (unpaired) electrons. The zero-order valence-corrected chi connectivity index (χ0v) is 9.90. The van der Waals surface area contributed by atoms with Gasteiger partial charge in [-0.1, -0.05) is 6.07 Å². The lowest BCUT2D eigenvalue weighted by molar-refractivity contribution is 0.0852. The van der Waals surface area contributed by atoms with Gasteiger partial charge in [-0.15, -0.1) is 0 Å². The Hall–Kier alpha value is -0.930. The lowest BCUT2D eigenvalue weighted by Crippen LogP contribution is -2.38. The molecule has 84 valence electrons. The third-order valence-electron chi connectivity index (χ3n) is 2.77. The van der Waals surface area contributed by atoms with Gasteiger partial charge >= 0.3 is 0 Å². The lowest BCUT2D eigenvalue weighted by atomic mass is 10.1. The van der Waals surface area contributed by atoms with Gasteiger partial charge in [-0.2, -0.15) is 0 Å². The van der Waals surface area contributed by atoms with Crippen molar-refractivity contribution in [3.63, 3.8) is 0 Å². The number of methoxy groups -OCH3 is 1. The van der Waals surface area contributed by atoms with E-state index in [0.29, 0.717) is 12.1 Å². The molecule has 0 bridgehead atoms. The molecule has 0 saturated heterocycles. The molecule has 3 atom stereocenters. The molecule has 3 unspecified atom stereocenters. The summed E-state index contributed by atoms with van der Waals surface area (Å²) in [6.07, 6.45) is 3.89. The van der Waals surface area contributed by atoms with Gasteiger partial charge in [-0.25, -0.2) is 0 Å². The lowest BCUT2D eigenvalue weighted by Gasteiger charge is -2.24. The van der Waals surface area contributed by atoms with Gasteiger partial charge in [0.25, 0.3) is 0 Å². The molecule has 0 spiro atoms. The maximum atomic E-state index is 5.27. The van der Waals surface area contributed by atoms with Crippen LogP contribution in [0.15, 0.2) is 24.5 Å². The Kier molecular flexibility index (Phi) is 4.72. The summed E-state index contributed by atoms with van der Waals surface area (Å²) in [6, 6.07) is 4.66. The normalized spacial score (nSPS) is 17.1. The molecule has 0 fully saturated rings. The van der Waals surface area contributed by atoms with Crippen LogP contribution in [0.5, 0.6) is 0 Å². The van der Waals surface area contributed by atoms with E-state index < -0.39 is 0 Å². The van der Waals surface area contributed by atoms with Crippen LogP contribution in [0.3, 0.4) is 0 Å². The third kappa shape index (κ3) is 3.61. The van der Waals surface area contributed by atoms with Crippen molar-refractivity contribution in [2.45, 2.75) is 39.0 Å². The van der Waals surface area contributed by atoms with Crippen molar-refractivity contribution < 1.29 is 4.74 Å². The van der Waals surface area contributed by atoms with Crippen molar-refractivity contribution in [3.05, 3.63) is 30.1 Å². The Bertz CT molecular complexity index is 276. The number of ether oxygens (including phenoxy) is 1. The Balaban J connectivity index is 2.52. The first kappa shape index (κ1) is 12.1. The van der Waals surface area contributed by atoms with Gasteiger partial charge in [-0.05, 0) is 32.4 Å². The standard InChI is InChI=1S/C12H20N2O/c1-9(11(3)15-4)14-10(2)12-6-5-7-13-8-12/h5-11,14H,1-4H3. The van der Waals surface area contributed by atoms with Gasteiger partial charge in [0.2, 0.25) is 0 Å². The van der Waals surface area contributed by atoms with Crippen LogP contribution in [0.4, 0.5) is 0 Å². The van der Waals surface area contributed by atoms with E-state index in [0.717, 1.165) is 0 Å². The average Bonchev–Trinajstić information content (AvgIpc) is 2.29. The van der Waals surface area contributed by atoms with Crippen molar-refractivity contribution in [3.8, 4) is 0 Å². The minimum atomic E-state index is 0.212. The second kappa shape index (κ2) is 5.83. The molecular formula is C12H20N2O. The fourth-order valence-corrected chi connectivity index (χ4v) is 1.46. The molecule has 0 aromatic carbocycles. The summed E-state index contributed by atoms with van der Waals surface area (Å²) in [5.74, 6) is 0. The first-order chi connectivity index (χ1) is 7.15. The van der Waals surface area contributed by atoms with Gasteiger partial charge in [-0.3, -0.25) is 4.98 Å². The van der Waals surface area contributed by atoms with Crippen LogP contribution in [0.2, 0.25) is 0 Å². The van der Waals surface area contributed by atoms with Crippen LogP contribution in [0.25, 0.3) is 0 Å². The summed E-state index contributed by atoms with van der Waals surface area (Å²) in [4.78, 5) is 4.11. The number of rotatable bonds is 5. The Morgan fingerprint density at radius 1 is 1.33 bits per heavy atom. The number of aromatic nitrogens is 1. The smallest absolute Gasteiger partial charge is 0.0693 e. The number of hydrogen-bond acceptors (Lipinski definition) is 3. The number of nitrogens with zero attached hydrogens (tertiary/aromatic N) is 1. The van der Waals surface area contributed by atoms with Crippen molar-refractivity contribution >= 4 is 0 Å². The Labute approximate surface area is 91.9 Å². The summed E-state index contributed by atoms with van der Waals surface area (Å²) < 4.78 is 5.27. The molecule has 0 saturated carbocycles. The first-order valence-electron chi connectivity index (χ1n) is 5.34. The van der Waals surface area contributed by atoms with E-state index in [2.05, 4.69) is 37.1 Å². The van der Waals surface area contributed by atoms with Crippen molar-refractivity contribution in [2.75, 3.05) is 7.11 Å². The number of nitrogens with one attached hydrogen (secondary N) is 1. The SMILES string of the molecule is COC(C)C(C)NC(C)c1cccnc1. The molecule has 0 aliphatic carbocycles. The predicted molar refractivity (Wildman–Crippen MR) is 61.7 cm³/mol. The topological polar surface area (TPSA) is 34.1 Å². The first-order valence-corrected chi connectivity index (χ1v) is 5.34. The maximum absolute atomic E-state index is 5.27. The minimum Gasteiger partial charge on any atom is -0.380 e. The summed E-state index contributed by atoms with van der Waals surface area (Å²) >= 11 is 0. The van der Waals surface area contributed by atoms with Crippen LogP contribution in [-0.2, 0) is 4.74 Å². The van der Waals surface area contributed by atoms with Gasteiger partial charge in [0.05, 0.1) is 6.10 Å². The van der Waals surface area contributed by atoms with E-state index in [9.17, 15) is 0 Å². The molecular weight excluding hydrogens is 188 g/mol. The Morgan fingerprint density at radius 2 is 2.07 bits per heavy atom. The van der Waals surface area contributed by atoms with Crippen LogP contribution in [0, 0.1) is 0 Å². The quantitative estimate of drug-likeness (QED) is 0.805. The molecule has 0 amide bonds. The second-order valence-corrected chi connectivity index (χ2v) is 3.90. The monoisotopic (exact) mass is 208 g/mol. The molecule has 0 aliphatic rings. The predicted octanol–water partition coefficient (Wildman–Crippen LogP) is 2.16. The molecule has 1 heterocycles. The zero-order chi connectivity index (χ0) is 11.3. The van der Waals surface area contributed by atoms with Crippen molar-refractivity contribution in [2.24, 2.45) is 0 Å². The van der Waals surface area contributed by atoms with Gasteiger partial charge in [0.1, 0.15) is 0 Å². The summed E-state index contributed by atoms with van der Waals surface area (Å²) in [6.45, 7) is 6.32. The summed E-state index contributed by atoms with van der Waals surface area (Å²) in [5, 5.41) is 3.48. The van der Waals surface area contributed by atoms with Crippen LogP contribution >= 0.6 is 0 Å². The van der Waals surface area contributed by atoms with E-state index in [4.69, 9.17) is 4.74 Å². The van der Waals surface area contributed by atoms with E-state index >= 15 is 0 Å². The summed E-state index contributed by atoms with van der Waals surface area (Å²) in [7, 11) is 1.73. The average molecular weight is 208 g/mol. The molecule has 1 N–H and O–H groups in total. The molecule has 0 aliphatic heterocycles. The molecule has 1 rings (SSSR count). The highest BCUT2D eigenvalue weighted by Crippen LogP contribution is 2.12. The van der Waals surface area contributed by atoms with Gasteiger partial charge in [0, 0.05) is 31.6 Å². The van der Waals surface area contributed by atoms with Crippen LogP contribution in [0.1, 0.15) is 32.4 Å². The van der Waals surface area contributed by atoms with Gasteiger partial charge in [0.15, 0.2) is 0 Å². The highest BCUT2D eigenvalue weighted by molar-refractivity contribution is 5.12. The fraction of sp³-hybridized carbons (Fsp3) is 0.583. The minimum absolute atomic E-state index is 0.212. The van der Waals surface area contributed by atoms with Crippen LogP contribution < -0.4 is 5.32 Å². The number of hydrogen-bond donors (Lipinski definition) is 1. The summed E-state index contributed by atoms with van der Waals surface area (Å²) in [5.41, 5.74) is 1.20. The molecule has 15 heavy (non-hydrogen) atoms. The highest BCUT2D eigenvalue weighted by atomic mass is 16.5. The molecule has 1 aromatic heterocycles. The maximum Gasteiger partial charge on any atom is 0.0693 e. The van der Waals surface area contributed by atoms with E-state index in [1.165, 1.54) is 5.56 Å². The van der Waals surface area contributed by atoms with Crippen LogP contribution in [-0.4, -0.2) is 24.2 Å². The Morgan fingerprint density at radius 3 is 2.60 bits per heavy atom. The van der Waals surface area contributed by atoms with E-state index in [1.54, 1.807) is 13.3 Å². The van der Waals surface area contributed by atoms with E-state index in [-0.39, 0.29) is 6.10 Å². The zero-order valence-electron chi connectivity index (χ0n) is 9.90. The molecule has 1 aromatic rings. The van der Waals surface area contributed by atoms with Crippen molar-refractivity contribution in [1.82, 2.24) is 10.3 Å². The third-order valence-corrected chi connectivity index (χ3v) is 2.77. The van der Waals surface area contributed by atoms with Crippen molar-refractivity contribution in [1.29, 1.82) is 0 Å².